The predicted octanol–water partition coefficient (Wildman–Crippen LogP) is 3.47. The molecule has 0 radical (unpaired) electrons. The Morgan fingerprint density at radius 3 is 2.89 bits per heavy atom. The van der Waals surface area contributed by atoms with Crippen LogP contribution in [0.5, 0.6) is 0 Å². The predicted molar refractivity (Wildman–Crippen MR) is 73.1 cm³/mol. The number of benzene rings is 2. The Morgan fingerprint density at radius 1 is 1.22 bits per heavy atom. The van der Waals surface area contributed by atoms with Crippen molar-refractivity contribution in [3.8, 4) is 0 Å². The maximum Gasteiger partial charge on any atom is 0.303 e. The lowest BCUT2D eigenvalue weighted by molar-refractivity contribution is -0.136. The molecule has 0 saturated heterocycles. The average molecular weight is 257 g/mol. The summed E-state index contributed by atoms with van der Waals surface area (Å²) in [4.78, 5) is 15.1. The quantitative estimate of drug-likeness (QED) is 0.781. The van der Waals surface area contributed by atoms with Gasteiger partial charge in [-0.05, 0) is 11.5 Å². The zero-order chi connectivity index (χ0) is 12.5. The lowest BCUT2D eigenvalue weighted by Crippen LogP contribution is -1.96. The number of aromatic nitrogens is 1. The summed E-state index contributed by atoms with van der Waals surface area (Å²) in [6.07, 6.45) is 0.640. The van der Waals surface area contributed by atoms with Crippen molar-refractivity contribution >= 4 is 38.3 Å². The number of aliphatic carboxylic acids is 1. The second-order valence-corrected chi connectivity index (χ2v) is 5.22. The van der Waals surface area contributed by atoms with E-state index in [1.54, 1.807) is 11.3 Å². The Kier molecular flexibility index (Phi) is 2.72. The van der Waals surface area contributed by atoms with Gasteiger partial charge in [0.15, 0.2) is 0 Å². The van der Waals surface area contributed by atoms with Crippen LogP contribution in [0.3, 0.4) is 0 Å². The molecule has 0 atom stereocenters. The second kappa shape index (κ2) is 4.38. The van der Waals surface area contributed by atoms with Gasteiger partial charge in [0.1, 0.15) is 0 Å². The van der Waals surface area contributed by atoms with Crippen LogP contribution in [-0.2, 0) is 11.2 Å². The van der Waals surface area contributed by atoms with Crippen molar-refractivity contribution in [2.24, 2.45) is 0 Å². The largest absolute Gasteiger partial charge is 0.481 e. The van der Waals surface area contributed by atoms with Crippen LogP contribution in [0, 0.1) is 0 Å². The number of thiazole rings is 1. The van der Waals surface area contributed by atoms with E-state index in [9.17, 15) is 4.79 Å². The van der Waals surface area contributed by atoms with E-state index in [1.165, 1.54) is 10.8 Å². The smallest absolute Gasteiger partial charge is 0.303 e. The zero-order valence-electron chi connectivity index (χ0n) is 9.59. The highest BCUT2D eigenvalue weighted by atomic mass is 32.1. The van der Waals surface area contributed by atoms with Crippen LogP contribution < -0.4 is 0 Å². The summed E-state index contributed by atoms with van der Waals surface area (Å²) < 4.78 is 1.15. The molecule has 2 aromatic carbocycles. The molecule has 3 rings (SSSR count). The van der Waals surface area contributed by atoms with Crippen LogP contribution in [0.4, 0.5) is 0 Å². The van der Waals surface area contributed by atoms with Crippen LogP contribution in [0.25, 0.3) is 21.0 Å². The maximum absolute atomic E-state index is 10.6. The molecule has 3 aromatic rings. The van der Waals surface area contributed by atoms with Crippen molar-refractivity contribution in [3.63, 3.8) is 0 Å². The van der Waals surface area contributed by atoms with E-state index in [1.807, 2.05) is 18.2 Å². The Bertz CT molecular complexity index is 733. The number of hydrogen-bond donors (Lipinski definition) is 1. The SMILES string of the molecule is O=C(O)CCc1nc2ccc3ccccc3c2s1. The molecule has 0 spiro atoms. The molecule has 0 saturated carbocycles. The van der Waals surface area contributed by atoms with Gasteiger partial charge in [-0.3, -0.25) is 4.79 Å². The third kappa shape index (κ3) is 1.95. The first-order valence-electron chi connectivity index (χ1n) is 5.73. The van der Waals surface area contributed by atoms with E-state index >= 15 is 0 Å². The molecular formula is C14H11NO2S. The minimum absolute atomic E-state index is 0.137. The first kappa shape index (κ1) is 11.2. The Morgan fingerprint density at radius 2 is 2.06 bits per heavy atom. The third-order valence-electron chi connectivity index (χ3n) is 2.88. The molecule has 0 bridgehead atoms. The van der Waals surface area contributed by atoms with Gasteiger partial charge in [0, 0.05) is 11.8 Å². The molecule has 4 heteroatoms. The number of nitrogens with zero attached hydrogens (tertiary/aromatic N) is 1. The summed E-state index contributed by atoms with van der Waals surface area (Å²) in [5.74, 6) is -0.779. The number of fused-ring (bicyclic) bond motifs is 3. The average Bonchev–Trinajstić information content (AvgIpc) is 2.79. The third-order valence-corrected chi connectivity index (χ3v) is 4.04. The van der Waals surface area contributed by atoms with Gasteiger partial charge in [0.2, 0.25) is 0 Å². The fourth-order valence-electron chi connectivity index (χ4n) is 2.02. The van der Waals surface area contributed by atoms with Crippen LogP contribution >= 0.6 is 11.3 Å². The van der Waals surface area contributed by atoms with Gasteiger partial charge in [-0.25, -0.2) is 4.98 Å². The summed E-state index contributed by atoms with van der Waals surface area (Å²) >= 11 is 1.59. The van der Waals surface area contributed by atoms with Gasteiger partial charge in [-0.2, -0.15) is 0 Å². The van der Waals surface area contributed by atoms with Crippen molar-refractivity contribution in [1.82, 2.24) is 4.98 Å². The number of hydrogen-bond acceptors (Lipinski definition) is 3. The molecule has 0 aliphatic carbocycles. The van der Waals surface area contributed by atoms with Crippen LogP contribution in [0.2, 0.25) is 0 Å². The Hall–Kier alpha value is -1.94. The van der Waals surface area contributed by atoms with Crippen molar-refractivity contribution in [2.75, 3.05) is 0 Å². The highest BCUT2D eigenvalue weighted by Crippen LogP contribution is 2.30. The lowest BCUT2D eigenvalue weighted by Gasteiger charge is -1.96. The topological polar surface area (TPSA) is 50.2 Å². The minimum atomic E-state index is -0.779. The maximum atomic E-state index is 10.6. The summed E-state index contributed by atoms with van der Waals surface area (Å²) in [5.41, 5.74) is 0.957. The normalized spacial score (nSPS) is 11.1. The van der Waals surface area contributed by atoms with Gasteiger partial charge in [-0.1, -0.05) is 30.3 Å². The molecule has 1 heterocycles. The standard InChI is InChI=1S/C14H11NO2S/c16-13(17)8-7-12-15-11-6-5-9-3-1-2-4-10(9)14(11)18-12/h1-6H,7-8H2,(H,16,17). The van der Waals surface area contributed by atoms with Crippen molar-refractivity contribution in [2.45, 2.75) is 12.8 Å². The van der Waals surface area contributed by atoms with Crippen LogP contribution in [0.15, 0.2) is 36.4 Å². The minimum Gasteiger partial charge on any atom is -0.481 e. The molecule has 1 N–H and O–H groups in total. The number of rotatable bonds is 3. The van der Waals surface area contributed by atoms with Gasteiger partial charge < -0.3 is 5.11 Å². The van der Waals surface area contributed by atoms with Gasteiger partial charge in [0.25, 0.3) is 0 Å². The summed E-state index contributed by atoms with van der Waals surface area (Å²) in [5, 5.41) is 12.0. The highest BCUT2D eigenvalue weighted by Gasteiger charge is 2.08. The molecule has 0 fully saturated rings. The van der Waals surface area contributed by atoms with E-state index in [-0.39, 0.29) is 6.42 Å². The molecule has 0 amide bonds. The monoisotopic (exact) mass is 257 g/mol. The molecule has 18 heavy (non-hydrogen) atoms. The summed E-state index contributed by atoms with van der Waals surface area (Å²) in [6, 6.07) is 12.2. The molecule has 3 nitrogen and oxygen atoms in total. The van der Waals surface area contributed by atoms with E-state index in [4.69, 9.17) is 5.11 Å². The van der Waals surface area contributed by atoms with Crippen molar-refractivity contribution < 1.29 is 9.90 Å². The highest BCUT2D eigenvalue weighted by molar-refractivity contribution is 7.19. The van der Waals surface area contributed by atoms with Crippen molar-refractivity contribution in [1.29, 1.82) is 0 Å². The number of aryl methyl sites for hydroxylation is 1. The fraction of sp³-hybridized carbons (Fsp3) is 0.143. The number of carboxylic acids is 1. The zero-order valence-corrected chi connectivity index (χ0v) is 10.4. The van der Waals surface area contributed by atoms with E-state index in [2.05, 4.69) is 23.2 Å². The Balaban J connectivity index is 2.11. The first-order valence-corrected chi connectivity index (χ1v) is 6.54. The van der Waals surface area contributed by atoms with Crippen LogP contribution in [0.1, 0.15) is 11.4 Å². The van der Waals surface area contributed by atoms with E-state index in [0.717, 1.165) is 15.2 Å². The first-order chi connectivity index (χ1) is 8.74. The molecular weight excluding hydrogens is 246 g/mol. The second-order valence-electron chi connectivity index (χ2n) is 4.14. The Labute approximate surface area is 108 Å². The summed E-state index contributed by atoms with van der Waals surface area (Å²) in [7, 11) is 0. The van der Waals surface area contributed by atoms with E-state index in [0.29, 0.717) is 6.42 Å². The number of carboxylic acid groups (broad SMARTS) is 1. The summed E-state index contributed by atoms with van der Waals surface area (Å²) in [6.45, 7) is 0. The lowest BCUT2D eigenvalue weighted by atomic mass is 10.1. The fourth-order valence-corrected chi connectivity index (χ4v) is 3.12. The molecule has 1 aromatic heterocycles. The van der Waals surface area contributed by atoms with Gasteiger partial charge in [-0.15, -0.1) is 11.3 Å². The van der Waals surface area contributed by atoms with Crippen molar-refractivity contribution in [3.05, 3.63) is 41.4 Å². The molecule has 0 aliphatic heterocycles. The molecule has 0 aliphatic rings. The number of carbonyl (C=O) groups is 1. The van der Waals surface area contributed by atoms with E-state index < -0.39 is 5.97 Å². The van der Waals surface area contributed by atoms with Gasteiger partial charge in [0.05, 0.1) is 21.6 Å². The van der Waals surface area contributed by atoms with Crippen LogP contribution in [-0.4, -0.2) is 16.1 Å². The molecule has 0 unspecified atom stereocenters. The van der Waals surface area contributed by atoms with Gasteiger partial charge >= 0.3 is 5.97 Å². The molecule has 90 valence electrons.